The molecule has 6 nitrogen and oxygen atoms in total. The third-order valence-corrected chi connectivity index (χ3v) is 5.53. The zero-order valence-electron chi connectivity index (χ0n) is 14.8. The van der Waals surface area contributed by atoms with E-state index in [0.29, 0.717) is 37.8 Å². The minimum absolute atomic E-state index is 0.108. The molecular weight excluding hydrogens is 320 g/mol. The zero-order valence-corrected chi connectivity index (χ0v) is 14.8. The van der Waals surface area contributed by atoms with Crippen LogP contribution in [-0.2, 0) is 22.6 Å². The van der Waals surface area contributed by atoms with Crippen molar-refractivity contribution in [1.29, 1.82) is 0 Å². The van der Waals surface area contributed by atoms with E-state index in [9.17, 15) is 9.59 Å². The first-order chi connectivity index (χ1) is 12.1. The fourth-order valence-electron chi connectivity index (χ4n) is 3.97. The number of ether oxygens (including phenoxy) is 2. The molecule has 0 N–H and O–H groups in total. The highest BCUT2D eigenvalue weighted by Gasteiger charge is 2.43. The lowest BCUT2D eigenvalue weighted by Gasteiger charge is -2.31. The van der Waals surface area contributed by atoms with Crippen molar-refractivity contribution in [3.05, 3.63) is 23.3 Å². The Labute approximate surface area is 147 Å². The summed E-state index contributed by atoms with van der Waals surface area (Å²) < 4.78 is 10.7. The molecule has 1 aliphatic carbocycles. The molecule has 4 rings (SSSR count). The number of likely N-dealkylation sites (tertiary alicyclic amines) is 1. The molecule has 3 aliphatic rings. The number of amides is 2. The van der Waals surface area contributed by atoms with Gasteiger partial charge in [-0.25, -0.2) is 0 Å². The van der Waals surface area contributed by atoms with Crippen molar-refractivity contribution < 1.29 is 19.1 Å². The van der Waals surface area contributed by atoms with E-state index in [1.165, 1.54) is 5.56 Å². The molecular formula is C19H24N2O4. The topological polar surface area (TPSA) is 59.1 Å². The maximum absolute atomic E-state index is 12.9. The summed E-state index contributed by atoms with van der Waals surface area (Å²) in [6.45, 7) is 1.86. The first-order valence-corrected chi connectivity index (χ1v) is 8.92. The van der Waals surface area contributed by atoms with E-state index in [1.54, 1.807) is 14.2 Å². The van der Waals surface area contributed by atoms with Crippen molar-refractivity contribution in [2.45, 2.75) is 38.3 Å². The molecule has 1 atom stereocenters. The largest absolute Gasteiger partial charge is 0.493 e. The van der Waals surface area contributed by atoms with E-state index < -0.39 is 0 Å². The van der Waals surface area contributed by atoms with Gasteiger partial charge in [0.1, 0.15) is 0 Å². The highest BCUT2D eigenvalue weighted by atomic mass is 16.5. The van der Waals surface area contributed by atoms with E-state index in [0.717, 1.165) is 30.6 Å². The third-order valence-electron chi connectivity index (χ3n) is 5.53. The van der Waals surface area contributed by atoms with Gasteiger partial charge < -0.3 is 19.3 Å². The molecule has 2 heterocycles. The zero-order chi connectivity index (χ0) is 17.6. The van der Waals surface area contributed by atoms with Crippen LogP contribution in [0.2, 0.25) is 0 Å². The maximum atomic E-state index is 12.9. The molecule has 2 amide bonds. The number of rotatable bonds is 4. The Kier molecular flexibility index (Phi) is 4.06. The van der Waals surface area contributed by atoms with Gasteiger partial charge in [-0.15, -0.1) is 0 Å². The van der Waals surface area contributed by atoms with Crippen LogP contribution >= 0.6 is 0 Å². The lowest BCUT2D eigenvalue weighted by Crippen LogP contribution is -2.40. The quantitative estimate of drug-likeness (QED) is 0.832. The number of carbonyl (C=O) groups excluding carboxylic acids is 2. The summed E-state index contributed by atoms with van der Waals surface area (Å²) in [4.78, 5) is 28.8. The second-order valence-corrected chi connectivity index (χ2v) is 7.16. The van der Waals surface area contributed by atoms with Gasteiger partial charge in [-0.1, -0.05) is 0 Å². The monoisotopic (exact) mass is 344 g/mol. The first kappa shape index (κ1) is 16.2. The number of fused-ring (bicyclic) bond motifs is 1. The van der Waals surface area contributed by atoms with Crippen LogP contribution in [0.15, 0.2) is 12.1 Å². The molecule has 134 valence electrons. The predicted molar refractivity (Wildman–Crippen MR) is 91.5 cm³/mol. The second-order valence-electron chi connectivity index (χ2n) is 7.16. The van der Waals surface area contributed by atoms with Gasteiger partial charge in [0, 0.05) is 32.1 Å². The SMILES string of the molecule is COc1cc2c(cc1OC)CN(C(=O)[C@H]1CC(=O)N(C3CC3)C1)CC2. The van der Waals surface area contributed by atoms with Gasteiger partial charge >= 0.3 is 0 Å². The molecule has 0 radical (unpaired) electrons. The number of nitrogens with zero attached hydrogens (tertiary/aromatic N) is 2. The van der Waals surface area contributed by atoms with Crippen LogP contribution in [0.4, 0.5) is 0 Å². The number of methoxy groups -OCH3 is 2. The van der Waals surface area contributed by atoms with E-state index in [1.807, 2.05) is 21.9 Å². The van der Waals surface area contributed by atoms with Crippen LogP contribution < -0.4 is 9.47 Å². The van der Waals surface area contributed by atoms with E-state index in [4.69, 9.17) is 9.47 Å². The van der Waals surface area contributed by atoms with Crippen LogP contribution in [-0.4, -0.2) is 55.0 Å². The Balaban J connectivity index is 1.48. The van der Waals surface area contributed by atoms with Crippen LogP contribution in [0.3, 0.4) is 0 Å². The molecule has 0 aromatic heterocycles. The van der Waals surface area contributed by atoms with Crippen molar-refractivity contribution in [2.24, 2.45) is 5.92 Å². The van der Waals surface area contributed by atoms with Gasteiger partial charge in [-0.2, -0.15) is 0 Å². The molecule has 1 saturated heterocycles. The summed E-state index contributed by atoms with van der Waals surface area (Å²) in [6.07, 6.45) is 3.34. The minimum atomic E-state index is -0.185. The normalized spacial score (nSPS) is 22.8. The average Bonchev–Trinajstić information content (AvgIpc) is 3.41. The summed E-state index contributed by atoms with van der Waals surface area (Å²) in [5, 5.41) is 0. The van der Waals surface area contributed by atoms with Gasteiger partial charge in [-0.05, 0) is 42.5 Å². The summed E-state index contributed by atoms with van der Waals surface area (Å²) in [5.41, 5.74) is 2.30. The summed E-state index contributed by atoms with van der Waals surface area (Å²) in [5.74, 6) is 1.48. The van der Waals surface area contributed by atoms with E-state index >= 15 is 0 Å². The van der Waals surface area contributed by atoms with Crippen LogP contribution in [0, 0.1) is 5.92 Å². The smallest absolute Gasteiger partial charge is 0.228 e. The van der Waals surface area contributed by atoms with Gasteiger partial charge in [0.2, 0.25) is 11.8 Å². The fraction of sp³-hybridized carbons (Fsp3) is 0.579. The Morgan fingerprint density at radius 2 is 1.80 bits per heavy atom. The number of carbonyl (C=O) groups is 2. The molecule has 0 bridgehead atoms. The number of hydrogen-bond acceptors (Lipinski definition) is 4. The predicted octanol–water partition coefficient (Wildman–Crippen LogP) is 1.60. The second kappa shape index (κ2) is 6.24. The van der Waals surface area contributed by atoms with Gasteiger partial charge in [0.15, 0.2) is 11.5 Å². The number of hydrogen-bond donors (Lipinski definition) is 0. The maximum Gasteiger partial charge on any atom is 0.228 e. The van der Waals surface area contributed by atoms with Crippen molar-refractivity contribution >= 4 is 11.8 Å². The highest BCUT2D eigenvalue weighted by Crippen LogP contribution is 2.35. The molecule has 0 spiro atoms. The van der Waals surface area contributed by atoms with Crippen LogP contribution in [0.25, 0.3) is 0 Å². The minimum Gasteiger partial charge on any atom is -0.493 e. The van der Waals surface area contributed by atoms with Gasteiger partial charge in [0.05, 0.1) is 20.1 Å². The molecule has 1 saturated carbocycles. The van der Waals surface area contributed by atoms with Crippen molar-refractivity contribution in [2.75, 3.05) is 27.3 Å². The van der Waals surface area contributed by atoms with Gasteiger partial charge in [-0.3, -0.25) is 9.59 Å². The molecule has 2 fully saturated rings. The molecule has 1 aromatic carbocycles. The Morgan fingerprint density at radius 1 is 1.12 bits per heavy atom. The number of benzene rings is 1. The van der Waals surface area contributed by atoms with Crippen molar-refractivity contribution in [3.63, 3.8) is 0 Å². The van der Waals surface area contributed by atoms with Gasteiger partial charge in [0.25, 0.3) is 0 Å². The molecule has 0 unspecified atom stereocenters. The summed E-state index contributed by atoms with van der Waals surface area (Å²) in [7, 11) is 3.25. The van der Waals surface area contributed by atoms with Crippen molar-refractivity contribution in [1.82, 2.24) is 9.80 Å². The Morgan fingerprint density at radius 3 is 2.44 bits per heavy atom. The standard InChI is InChI=1S/C19H24N2O4/c1-24-16-7-12-5-6-20(10-13(12)8-17(16)25-2)19(23)14-9-18(22)21(11-14)15-3-4-15/h7-8,14-15H,3-6,9-11H2,1-2H3/t14-/m0/s1. The average molecular weight is 344 g/mol. The van der Waals surface area contributed by atoms with E-state index in [-0.39, 0.29) is 17.7 Å². The fourth-order valence-corrected chi connectivity index (χ4v) is 3.97. The van der Waals surface area contributed by atoms with Crippen molar-refractivity contribution in [3.8, 4) is 11.5 Å². The van der Waals surface area contributed by atoms with Crippen LogP contribution in [0.1, 0.15) is 30.4 Å². The lowest BCUT2D eigenvalue weighted by molar-refractivity contribution is -0.136. The molecule has 6 heteroatoms. The Bertz CT molecular complexity index is 714. The molecule has 2 aliphatic heterocycles. The van der Waals surface area contributed by atoms with E-state index in [2.05, 4.69) is 0 Å². The first-order valence-electron chi connectivity index (χ1n) is 8.92. The molecule has 25 heavy (non-hydrogen) atoms. The van der Waals surface area contributed by atoms with Crippen LogP contribution in [0.5, 0.6) is 11.5 Å². The molecule has 1 aromatic rings. The summed E-state index contributed by atoms with van der Waals surface area (Å²) >= 11 is 0. The highest BCUT2D eigenvalue weighted by molar-refractivity contribution is 5.89. The Hall–Kier alpha value is -2.24. The lowest BCUT2D eigenvalue weighted by atomic mass is 9.97. The third kappa shape index (κ3) is 2.94. The summed E-state index contributed by atoms with van der Waals surface area (Å²) in [6, 6.07) is 4.36.